The summed E-state index contributed by atoms with van der Waals surface area (Å²) in [6.07, 6.45) is 1.30. The summed E-state index contributed by atoms with van der Waals surface area (Å²) < 4.78 is 17.1. The third-order valence-corrected chi connectivity index (χ3v) is 5.27. The van der Waals surface area contributed by atoms with Crippen LogP contribution in [0.25, 0.3) is 0 Å². The Hall–Kier alpha value is -3.06. The lowest BCUT2D eigenvalue weighted by Gasteiger charge is -2.23. The molecule has 0 spiro atoms. The van der Waals surface area contributed by atoms with Gasteiger partial charge in [0.05, 0.1) is 20.2 Å². The molecule has 1 aliphatic heterocycles. The third kappa shape index (κ3) is 4.09. The molecule has 2 aromatic heterocycles. The number of hydrogen-bond donors (Lipinski definition) is 0. The highest BCUT2D eigenvalue weighted by Gasteiger charge is 2.30. The van der Waals surface area contributed by atoms with Gasteiger partial charge in [0.15, 0.2) is 6.10 Å². The van der Waals surface area contributed by atoms with Crippen molar-refractivity contribution in [1.82, 2.24) is 9.88 Å². The molecule has 0 radical (unpaired) electrons. The van der Waals surface area contributed by atoms with Crippen LogP contribution in [0.5, 0.6) is 17.4 Å². The SMILES string of the molecule is COc1ccc(OCC2CN(Cc3cccs3)C(=O)c3cccnc3O2)cc1. The third-order valence-electron chi connectivity index (χ3n) is 4.41. The Kier molecular flexibility index (Phi) is 5.43. The minimum Gasteiger partial charge on any atom is -0.497 e. The Morgan fingerprint density at radius 3 is 2.75 bits per heavy atom. The minimum absolute atomic E-state index is 0.0801. The van der Waals surface area contributed by atoms with Gasteiger partial charge >= 0.3 is 0 Å². The number of hydrogen-bond acceptors (Lipinski definition) is 6. The summed E-state index contributed by atoms with van der Waals surface area (Å²) in [5.74, 6) is 1.75. The lowest BCUT2D eigenvalue weighted by Crippen LogP contribution is -2.39. The molecule has 1 unspecified atom stereocenters. The zero-order valence-corrected chi connectivity index (χ0v) is 16.2. The van der Waals surface area contributed by atoms with Crippen LogP contribution in [-0.4, -0.2) is 42.2 Å². The molecular formula is C21H20N2O4S. The van der Waals surface area contributed by atoms with E-state index >= 15 is 0 Å². The van der Waals surface area contributed by atoms with Crippen LogP contribution < -0.4 is 14.2 Å². The van der Waals surface area contributed by atoms with Gasteiger partial charge in [0.25, 0.3) is 5.91 Å². The Labute approximate surface area is 167 Å². The van der Waals surface area contributed by atoms with E-state index in [0.717, 1.165) is 10.6 Å². The highest BCUT2D eigenvalue weighted by molar-refractivity contribution is 7.09. The minimum atomic E-state index is -0.331. The van der Waals surface area contributed by atoms with Crippen molar-refractivity contribution in [3.05, 3.63) is 70.5 Å². The number of methoxy groups -OCH3 is 1. The average Bonchev–Trinajstić information content (AvgIpc) is 3.20. The summed E-state index contributed by atoms with van der Waals surface area (Å²) in [7, 11) is 1.62. The number of thiophene rings is 1. The first-order valence-electron chi connectivity index (χ1n) is 8.93. The van der Waals surface area contributed by atoms with Crippen molar-refractivity contribution in [3.63, 3.8) is 0 Å². The van der Waals surface area contributed by atoms with Gasteiger partial charge in [-0.25, -0.2) is 4.98 Å². The fourth-order valence-electron chi connectivity index (χ4n) is 3.02. The number of aromatic nitrogens is 1. The summed E-state index contributed by atoms with van der Waals surface area (Å²) in [5, 5.41) is 2.01. The Balaban J connectivity index is 1.52. The lowest BCUT2D eigenvalue weighted by molar-refractivity contribution is 0.0629. The summed E-state index contributed by atoms with van der Waals surface area (Å²) in [6.45, 7) is 1.26. The second kappa shape index (κ2) is 8.31. The van der Waals surface area contributed by atoms with Crippen molar-refractivity contribution in [2.24, 2.45) is 0 Å². The van der Waals surface area contributed by atoms with Gasteiger partial charge in [0.2, 0.25) is 5.88 Å². The number of nitrogens with zero attached hydrogens (tertiary/aromatic N) is 2. The summed E-state index contributed by atoms with van der Waals surface area (Å²) in [6, 6.07) is 14.9. The molecule has 1 amide bonds. The molecule has 3 heterocycles. The van der Waals surface area contributed by atoms with Crippen LogP contribution in [0.3, 0.4) is 0 Å². The van der Waals surface area contributed by atoms with E-state index in [1.807, 2.05) is 41.8 Å². The number of ether oxygens (including phenoxy) is 3. The van der Waals surface area contributed by atoms with E-state index in [1.165, 1.54) is 0 Å². The molecule has 1 aliphatic rings. The molecule has 7 heteroatoms. The van der Waals surface area contributed by atoms with Crippen molar-refractivity contribution in [3.8, 4) is 17.4 Å². The standard InChI is InChI=1S/C21H20N2O4S/c1-25-15-6-8-16(9-7-15)26-14-17-12-23(13-18-4-3-11-28-18)21(24)19-5-2-10-22-20(19)27-17/h2-11,17H,12-14H2,1H3. The van der Waals surface area contributed by atoms with Gasteiger partial charge in [-0.3, -0.25) is 4.79 Å². The van der Waals surface area contributed by atoms with Gasteiger partial charge in [-0.1, -0.05) is 6.07 Å². The summed E-state index contributed by atoms with van der Waals surface area (Å²) >= 11 is 1.63. The number of carbonyl (C=O) groups excluding carboxylic acids is 1. The van der Waals surface area contributed by atoms with Crippen LogP contribution in [-0.2, 0) is 6.54 Å². The Morgan fingerprint density at radius 1 is 1.18 bits per heavy atom. The van der Waals surface area contributed by atoms with Gasteiger partial charge in [0.1, 0.15) is 23.7 Å². The van der Waals surface area contributed by atoms with Gasteiger partial charge in [-0.05, 0) is 47.8 Å². The molecule has 1 aromatic carbocycles. The largest absolute Gasteiger partial charge is 0.497 e. The lowest BCUT2D eigenvalue weighted by atomic mass is 10.2. The average molecular weight is 396 g/mol. The predicted octanol–water partition coefficient (Wildman–Crippen LogP) is 3.63. The maximum atomic E-state index is 13.0. The topological polar surface area (TPSA) is 60.9 Å². The molecule has 144 valence electrons. The van der Waals surface area contributed by atoms with Crippen LogP contribution in [0.15, 0.2) is 60.1 Å². The number of benzene rings is 1. The predicted molar refractivity (Wildman–Crippen MR) is 106 cm³/mol. The number of pyridine rings is 1. The van der Waals surface area contributed by atoms with Gasteiger partial charge in [-0.15, -0.1) is 11.3 Å². The quantitative estimate of drug-likeness (QED) is 0.637. The van der Waals surface area contributed by atoms with Crippen molar-refractivity contribution in [2.45, 2.75) is 12.6 Å². The second-order valence-electron chi connectivity index (χ2n) is 6.35. The van der Waals surface area contributed by atoms with Crippen LogP contribution >= 0.6 is 11.3 Å². The van der Waals surface area contributed by atoms with Gasteiger partial charge in [0, 0.05) is 11.1 Å². The summed E-state index contributed by atoms with van der Waals surface area (Å²) in [5.41, 5.74) is 0.478. The maximum Gasteiger partial charge on any atom is 0.259 e. The number of carbonyl (C=O) groups is 1. The molecule has 4 rings (SSSR count). The number of amides is 1. The first-order chi connectivity index (χ1) is 13.7. The number of rotatable bonds is 6. The van der Waals surface area contributed by atoms with Crippen LogP contribution in [0.1, 0.15) is 15.2 Å². The molecule has 0 bridgehead atoms. The molecule has 1 atom stereocenters. The first-order valence-corrected chi connectivity index (χ1v) is 9.81. The van der Waals surface area contributed by atoms with Crippen LogP contribution in [0.2, 0.25) is 0 Å². The molecular weight excluding hydrogens is 376 g/mol. The highest BCUT2D eigenvalue weighted by atomic mass is 32.1. The van der Waals surface area contributed by atoms with E-state index in [0.29, 0.717) is 36.9 Å². The van der Waals surface area contributed by atoms with E-state index in [-0.39, 0.29) is 12.0 Å². The van der Waals surface area contributed by atoms with E-state index in [1.54, 1.807) is 41.7 Å². The molecule has 6 nitrogen and oxygen atoms in total. The fourth-order valence-corrected chi connectivity index (χ4v) is 3.74. The van der Waals surface area contributed by atoms with Crippen molar-refractivity contribution >= 4 is 17.2 Å². The molecule has 0 aliphatic carbocycles. The van der Waals surface area contributed by atoms with Gasteiger partial charge < -0.3 is 19.1 Å². The van der Waals surface area contributed by atoms with Crippen LogP contribution in [0.4, 0.5) is 0 Å². The molecule has 0 fully saturated rings. The highest BCUT2D eigenvalue weighted by Crippen LogP contribution is 2.25. The Morgan fingerprint density at radius 2 is 2.00 bits per heavy atom. The van der Waals surface area contributed by atoms with E-state index in [2.05, 4.69) is 4.98 Å². The monoisotopic (exact) mass is 396 g/mol. The van der Waals surface area contributed by atoms with Crippen molar-refractivity contribution < 1.29 is 19.0 Å². The van der Waals surface area contributed by atoms with E-state index in [4.69, 9.17) is 14.2 Å². The van der Waals surface area contributed by atoms with Crippen LogP contribution in [0, 0.1) is 0 Å². The smallest absolute Gasteiger partial charge is 0.259 e. The van der Waals surface area contributed by atoms with E-state index < -0.39 is 0 Å². The first kappa shape index (κ1) is 18.3. The summed E-state index contributed by atoms with van der Waals surface area (Å²) in [4.78, 5) is 20.2. The molecule has 3 aromatic rings. The molecule has 28 heavy (non-hydrogen) atoms. The fraction of sp³-hybridized carbons (Fsp3) is 0.238. The Bertz CT molecular complexity index is 928. The normalized spacial score (nSPS) is 16.1. The maximum absolute atomic E-state index is 13.0. The van der Waals surface area contributed by atoms with Gasteiger partial charge in [-0.2, -0.15) is 0 Å². The second-order valence-corrected chi connectivity index (χ2v) is 7.38. The number of fused-ring (bicyclic) bond motifs is 1. The van der Waals surface area contributed by atoms with Crippen molar-refractivity contribution in [1.29, 1.82) is 0 Å². The molecule has 0 saturated carbocycles. The van der Waals surface area contributed by atoms with E-state index in [9.17, 15) is 4.79 Å². The van der Waals surface area contributed by atoms with Crippen molar-refractivity contribution in [2.75, 3.05) is 20.3 Å². The molecule has 0 saturated heterocycles. The zero-order chi connectivity index (χ0) is 19.3. The molecule has 0 N–H and O–H groups in total. The zero-order valence-electron chi connectivity index (χ0n) is 15.4.